The molecule has 0 heterocycles. The molecule has 0 saturated heterocycles. The predicted molar refractivity (Wildman–Crippen MR) is 61.8 cm³/mol. The third-order valence-electron chi connectivity index (χ3n) is 2.20. The van der Waals surface area contributed by atoms with E-state index in [1.807, 2.05) is 12.1 Å². The van der Waals surface area contributed by atoms with Crippen LogP contribution in [-0.4, -0.2) is 11.7 Å². The van der Waals surface area contributed by atoms with Gasteiger partial charge in [0.25, 0.3) is 0 Å². The summed E-state index contributed by atoms with van der Waals surface area (Å²) in [6.07, 6.45) is 0. The maximum Gasteiger partial charge on any atom is 0.0624 e. The van der Waals surface area contributed by atoms with E-state index in [4.69, 9.17) is 10.8 Å². The summed E-state index contributed by atoms with van der Waals surface area (Å²) in [5.74, 6) is 0.505. The summed E-state index contributed by atoms with van der Waals surface area (Å²) in [7, 11) is 0. The molecule has 1 atom stereocenters. The Kier molecular flexibility index (Phi) is 5.77. The van der Waals surface area contributed by atoms with E-state index in [1.54, 1.807) is 0 Å². The fourth-order valence-corrected chi connectivity index (χ4v) is 1.25. The number of benzene rings is 1. The number of aliphatic hydroxyl groups is 1. The molecule has 80 valence electrons. The van der Waals surface area contributed by atoms with Gasteiger partial charge in [0.2, 0.25) is 0 Å². The molecule has 0 aliphatic heterocycles. The first-order chi connectivity index (χ1) is 6.15. The lowest BCUT2D eigenvalue weighted by atomic mass is 9.98. The molecule has 2 nitrogen and oxygen atoms in total. The van der Waals surface area contributed by atoms with Crippen molar-refractivity contribution in [2.75, 3.05) is 6.61 Å². The first-order valence-electron chi connectivity index (χ1n) is 4.61. The Morgan fingerprint density at radius 3 is 2.36 bits per heavy atom. The Labute approximate surface area is 91.5 Å². The van der Waals surface area contributed by atoms with Crippen LogP contribution in [0.5, 0.6) is 0 Å². The highest BCUT2D eigenvalue weighted by Gasteiger charge is 2.05. The molecule has 3 heteroatoms. The Morgan fingerprint density at radius 1 is 1.29 bits per heavy atom. The Morgan fingerprint density at radius 2 is 1.86 bits per heavy atom. The quantitative estimate of drug-likeness (QED) is 0.813. The van der Waals surface area contributed by atoms with Crippen LogP contribution in [0.25, 0.3) is 0 Å². The van der Waals surface area contributed by atoms with E-state index in [1.165, 1.54) is 5.56 Å². The monoisotopic (exact) mass is 215 g/mol. The van der Waals surface area contributed by atoms with E-state index in [0.29, 0.717) is 5.92 Å². The van der Waals surface area contributed by atoms with Gasteiger partial charge < -0.3 is 10.8 Å². The lowest BCUT2D eigenvalue weighted by Gasteiger charge is -2.11. The van der Waals surface area contributed by atoms with E-state index >= 15 is 0 Å². The zero-order valence-electron chi connectivity index (χ0n) is 8.60. The molecule has 0 saturated carbocycles. The number of hydrogen-bond acceptors (Lipinski definition) is 2. The minimum absolute atomic E-state index is 0. The van der Waals surface area contributed by atoms with Crippen LogP contribution in [-0.2, 0) is 0 Å². The number of rotatable bonds is 3. The van der Waals surface area contributed by atoms with Crippen LogP contribution in [0.4, 0.5) is 0 Å². The molecule has 0 fully saturated rings. The van der Waals surface area contributed by atoms with Gasteiger partial charge in [0.1, 0.15) is 0 Å². The zero-order valence-corrected chi connectivity index (χ0v) is 9.42. The van der Waals surface area contributed by atoms with Crippen LogP contribution in [0.2, 0.25) is 0 Å². The molecule has 0 aliphatic carbocycles. The van der Waals surface area contributed by atoms with Gasteiger partial charge in [-0.05, 0) is 17.0 Å². The molecule has 1 aromatic carbocycles. The highest BCUT2D eigenvalue weighted by Crippen LogP contribution is 2.18. The lowest BCUT2D eigenvalue weighted by molar-refractivity contribution is 0.268. The van der Waals surface area contributed by atoms with Crippen molar-refractivity contribution in [1.82, 2.24) is 0 Å². The molecule has 14 heavy (non-hydrogen) atoms. The second-order valence-electron chi connectivity index (χ2n) is 3.61. The first kappa shape index (κ1) is 13.4. The predicted octanol–water partition coefficient (Wildman–Crippen LogP) is 2.22. The van der Waals surface area contributed by atoms with Gasteiger partial charge >= 0.3 is 0 Å². The fraction of sp³-hybridized carbons (Fsp3) is 0.455. The third kappa shape index (κ3) is 3.29. The molecule has 0 aliphatic rings. The topological polar surface area (TPSA) is 46.2 Å². The Hall–Kier alpha value is -0.570. The van der Waals surface area contributed by atoms with Crippen molar-refractivity contribution in [3.05, 3.63) is 35.4 Å². The summed E-state index contributed by atoms with van der Waals surface area (Å²) in [6, 6.07) is 7.83. The van der Waals surface area contributed by atoms with Crippen LogP contribution >= 0.6 is 12.4 Å². The molecule has 0 bridgehead atoms. The number of hydrogen-bond donors (Lipinski definition) is 2. The maximum absolute atomic E-state index is 8.89. The van der Waals surface area contributed by atoms with Crippen molar-refractivity contribution >= 4 is 12.4 Å². The molecular weight excluding hydrogens is 198 g/mol. The standard InChI is InChI=1S/C11H17NO.ClH/c1-8(2)9-4-3-5-10(6-9)11(12)7-13;/h3-6,8,11,13H,7,12H2,1-2H3;1H/t11-;/m0./s1. The SMILES string of the molecule is CC(C)c1cccc([C@@H](N)CO)c1.Cl. The van der Waals surface area contributed by atoms with E-state index in [9.17, 15) is 0 Å². The fourth-order valence-electron chi connectivity index (χ4n) is 1.25. The van der Waals surface area contributed by atoms with Crippen molar-refractivity contribution in [1.29, 1.82) is 0 Å². The summed E-state index contributed by atoms with van der Waals surface area (Å²) >= 11 is 0. The largest absolute Gasteiger partial charge is 0.394 e. The van der Waals surface area contributed by atoms with Crippen LogP contribution in [0, 0.1) is 0 Å². The highest BCUT2D eigenvalue weighted by atomic mass is 35.5. The molecule has 1 aromatic rings. The van der Waals surface area contributed by atoms with Gasteiger partial charge in [0.05, 0.1) is 12.6 Å². The Bertz CT molecular complexity index is 276. The summed E-state index contributed by atoms with van der Waals surface area (Å²) in [6.45, 7) is 4.29. The molecule has 0 amide bonds. The number of nitrogens with two attached hydrogens (primary N) is 1. The third-order valence-corrected chi connectivity index (χ3v) is 2.20. The van der Waals surface area contributed by atoms with E-state index in [-0.39, 0.29) is 25.1 Å². The van der Waals surface area contributed by atoms with E-state index < -0.39 is 0 Å². The summed E-state index contributed by atoms with van der Waals surface area (Å²) in [4.78, 5) is 0. The van der Waals surface area contributed by atoms with Gasteiger partial charge in [0.15, 0.2) is 0 Å². The second kappa shape index (κ2) is 6.02. The second-order valence-corrected chi connectivity index (χ2v) is 3.61. The highest BCUT2D eigenvalue weighted by molar-refractivity contribution is 5.85. The lowest BCUT2D eigenvalue weighted by Crippen LogP contribution is -2.14. The minimum Gasteiger partial charge on any atom is -0.394 e. The smallest absolute Gasteiger partial charge is 0.0624 e. The molecule has 0 unspecified atom stereocenters. The number of halogens is 1. The van der Waals surface area contributed by atoms with Crippen molar-refractivity contribution in [2.24, 2.45) is 5.73 Å². The molecular formula is C11H18ClNO. The summed E-state index contributed by atoms with van der Waals surface area (Å²) < 4.78 is 0. The van der Waals surface area contributed by atoms with Crippen molar-refractivity contribution in [3.8, 4) is 0 Å². The zero-order chi connectivity index (χ0) is 9.84. The molecule has 0 radical (unpaired) electrons. The Balaban J connectivity index is 0.00000169. The van der Waals surface area contributed by atoms with Crippen LogP contribution in [0.1, 0.15) is 36.9 Å². The molecule has 0 aromatic heterocycles. The average Bonchev–Trinajstić information content (AvgIpc) is 2.17. The van der Waals surface area contributed by atoms with Crippen molar-refractivity contribution in [2.45, 2.75) is 25.8 Å². The molecule has 0 spiro atoms. The number of aliphatic hydroxyl groups excluding tert-OH is 1. The van der Waals surface area contributed by atoms with Crippen LogP contribution < -0.4 is 5.73 Å². The van der Waals surface area contributed by atoms with Gasteiger partial charge in [-0.2, -0.15) is 0 Å². The van der Waals surface area contributed by atoms with Gasteiger partial charge in [0, 0.05) is 0 Å². The normalized spacial score (nSPS) is 12.4. The van der Waals surface area contributed by atoms with Crippen LogP contribution in [0.15, 0.2) is 24.3 Å². The van der Waals surface area contributed by atoms with E-state index in [0.717, 1.165) is 5.56 Å². The van der Waals surface area contributed by atoms with Crippen molar-refractivity contribution < 1.29 is 5.11 Å². The van der Waals surface area contributed by atoms with Gasteiger partial charge in [-0.1, -0.05) is 38.1 Å². The maximum atomic E-state index is 8.89. The van der Waals surface area contributed by atoms with Gasteiger partial charge in [-0.15, -0.1) is 12.4 Å². The minimum atomic E-state index is -0.251. The van der Waals surface area contributed by atoms with Crippen molar-refractivity contribution in [3.63, 3.8) is 0 Å². The molecule has 3 N–H and O–H groups in total. The summed E-state index contributed by atoms with van der Waals surface area (Å²) in [5.41, 5.74) is 7.99. The molecule has 1 rings (SSSR count). The van der Waals surface area contributed by atoms with E-state index in [2.05, 4.69) is 26.0 Å². The summed E-state index contributed by atoms with van der Waals surface area (Å²) in [5, 5.41) is 8.89. The van der Waals surface area contributed by atoms with Gasteiger partial charge in [-0.3, -0.25) is 0 Å². The van der Waals surface area contributed by atoms with Crippen LogP contribution in [0.3, 0.4) is 0 Å². The first-order valence-corrected chi connectivity index (χ1v) is 4.61. The average molecular weight is 216 g/mol. The van der Waals surface area contributed by atoms with Gasteiger partial charge in [-0.25, -0.2) is 0 Å².